The van der Waals surface area contributed by atoms with Crippen molar-refractivity contribution in [2.45, 2.75) is 85.1 Å². The topological polar surface area (TPSA) is 232 Å². The lowest BCUT2D eigenvalue weighted by Crippen LogP contribution is -2.42. The zero-order valence-corrected chi connectivity index (χ0v) is 28.2. The Labute approximate surface area is 273 Å². The maximum Gasteiger partial charge on any atom is 0.368 e. The summed E-state index contributed by atoms with van der Waals surface area (Å²) < 4.78 is 93.6. The molecule has 0 atom stereocenters. The van der Waals surface area contributed by atoms with Crippen LogP contribution in [0.3, 0.4) is 0 Å². The number of sulfonamides is 2. The molecule has 0 unspecified atom stereocenters. The van der Waals surface area contributed by atoms with Gasteiger partial charge in [-0.25, -0.2) is 34.7 Å². The van der Waals surface area contributed by atoms with Gasteiger partial charge in [-0.1, -0.05) is 52.4 Å². The molecule has 0 spiro atoms. The number of aromatic nitrogens is 4. The molecule has 0 aliphatic heterocycles. The molecular weight excluding hydrogens is 677 g/mol. The summed E-state index contributed by atoms with van der Waals surface area (Å²) in [5, 5.41) is 30.1. The third-order valence-corrected chi connectivity index (χ3v) is 11.7. The average molecular weight is 713 g/mol. The molecule has 47 heavy (non-hydrogen) atoms. The molecule has 0 aliphatic rings. The highest BCUT2D eigenvalue weighted by Crippen LogP contribution is 2.24. The Kier molecular flexibility index (Phi) is 11.7. The van der Waals surface area contributed by atoms with Crippen molar-refractivity contribution in [1.29, 1.82) is 0 Å². The van der Waals surface area contributed by atoms with Gasteiger partial charge in [-0.3, -0.25) is 0 Å². The second-order valence-corrected chi connectivity index (χ2v) is 15.9. The minimum Gasteiger partial charge on any atom is -0.538 e. The van der Waals surface area contributed by atoms with E-state index >= 15 is 0 Å². The zero-order valence-electron chi connectivity index (χ0n) is 25.8. The van der Waals surface area contributed by atoms with Gasteiger partial charge in [0.25, 0.3) is 0 Å². The van der Waals surface area contributed by atoms with Crippen molar-refractivity contribution in [3.05, 3.63) is 48.5 Å². The summed E-state index contributed by atoms with van der Waals surface area (Å²) in [6.07, 6.45) is 6.59. The second kappa shape index (κ2) is 15.3. The number of nitrogens with one attached hydrogen (secondary N) is 2. The van der Waals surface area contributed by atoms with Crippen molar-refractivity contribution in [1.82, 2.24) is 20.0 Å². The van der Waals surface area contributed by atoms with E-state index in [2.05, 4.69) is 29.0 Å². The van der Waals surface area contributed by atoms with E-state index in [1.165, 1.54) is 48.5 Å². The second-order valence-electron chi connectivity index (χ2n) is 10.6. The Morgan fingerprint density at radius 3 is 1.30 bits per heavy atom. The summed E-state index contributed by atoms with van der Waals surface area (Å²) in [7, 11) is -12.7. The first-order valence-corrected chi connectivity index (χ1v) is 19.4. The van der Waals surface area contributed by atoms with E-state index in [4.69, 9.17) is 0 Å². The SMILES string of the molecule is CCCCCCNS(=O)(=O)c1c([O-])on[n+]1-c1ccc(S(=O)(=O)c2ccc(-[n+]3noc([O-])c3S(=O)(=O)NCCCCCC)cc2)cc1. The van der Waals surface area contributed by atoms with Crippen molar-refractivity contribution < 1.29 is 53.9 Å². The third-order valence-electron chi connectivity index (χ3n) is 7.08. The number of unbranched alkanes of at least 4 members (excludes halogenated alkanes) is 6. The van der Waals surface area contributed by atoms with Gasteiger partial charge < -0.3 is 19.3 Å². The molecule has 0 amide bonds. The lowest BCUT2D eigenvalue weighted by atomic mass is 10.2. The first-order chi connectivity index (χ1) is 22.3. The lowest BCUT2D eigenvalue weighted by molar-refractivity contribution is -0.706. The molecule has 4 rings (SSSR count). The Hall–Kier alpha value is -3.91. The molecule has 2 heterocycles. The van der Waals surface area contributed by atoms with Gasteiger partial charge in [-0.15, -0.1) is 0 Å². The molecule has 0 fully saturated rings. The van der Waals surface area contributed by atoms with E-state index in [9.17, 15) is 35.5 Å². The first-order valence-electron chi connectivity index (χ1n) is 15.0. The fourth-order valence-corrected chi connectivity index (χ4v) is 8.19. The van der Waals surface area contributed by atoms with Crippen LogP contribution in [0.2, 0.25) is 0 Å². The number of sulfone groups is 1. The van der Waals surface area contributed by atoms with Gasteiger partial charge in [0.1, 0.15) is 0 Å². The number of hydrogen-bond acceptors (Lipinski definition) is 12. The van der Waals surface area contributed by atoms with Gasteiger partial charge >= 0.3 is 30.1 Å². The maximum atomic E-state index is 13.4. The van der Waals surface area contributed by atoms with Crippen LogP contribution < -0.4 is 29.0 Å². The van der Waals surface area contributed by atoms with Gasteiger partial charge in [0, 0.05) is 37.4 Å². The summed E-state index contributed by atoms with van der Waals surface area (Å²) in [6, 6.07) is 9.85. The largest absolute Gasteiger partial charge is 0.538 e. The summed E-state index contributed by atoms with van der Waals surface area (Å²) in [4.78, 5) is -0.351. The molecule has 0 bridgehead atoms. The molecule has 256 valence electrons. The van der Waals surface area contributed by atoms with E-state index in [-0.39, 0.29) is 34.3 Å². The Bertz CT molecular complexity index is 1840. The highest BCUT2D eigenvalue weighted by Gasteiger charge is 2.35. The van der Waals surface area contributed by atoms with Gasteiger partial charge in [0.15, 0.2) is 11.9 Å². The molecule has 0 saturated heterocycles. The van der Waals surface area contributed by atoms with Crippen molar-refractivity contribution >= 4 is 29.9 Å². The van der Waals surface area contributed by atoms with E-state index < -0.39 is 51.8 Å². The lowest BCUT2D eigenvalue weighted by Gasteiger charge is -2.06. The molecule has 0 aliphatic carbocycles. The van der Waals surface area contributed by atoms with Gasteiger partial charge in [0.2, 0.25) is 21.2 Å². The van der Waals surface area contributed by atoms with Crippen LogP contribution in [0.4, 0.5) is 0 Å². The zero-order chi connectivity index (χ0) is 34.2. The van der Waals surface area contributed by atoms with E-state index in [1.54, 1.807) is 0 Å². The van der Waals surface area contributed by atoms with Crippen molar-refractivity contribution in [2.24, 2.45) is 0 Å². The van der Waals surface area contributed by atoms with Crippen LogP contribution in [-0.4, -0.2) is 48.9 Å². The average Bonchev–Trinajstić information content (AvgIpc) is 3.64. The molecule has 2 N–H and O–H groups in total. The number of hydrogen-bond donors (Lipinski definition) is 2. The highest BCUT2D eigenvalue weighted by atomic mass is 32.2. The van der Waals surface area contributed by atoms with Crippen molar-refractivity contribution in [3.8, 4) is 23.3 Å². The summed E-state index contributed by atoms with van der Waals surface area (Å²) >= 11 is 0. The number of nitrogens with zero attached hydrogens (tertiary/aromatic N) is 4. The van der Waals surface area contributed by atoms with Crippen LogP contribution in [-0.2, 0) is 29.9 Å². The summed E-state index contributed by atoms with van der Waals surface area (Å²) in [6.45, 7) is 4.27. The Morgan fingerprint density at radius 2 is 0.957 bits per heavy atom. The van der Waals surface area contributed by atoms with Crippen LogP contribution in [0, 0.1) is 0 Å². The molecule has 0 radical (unpaired) electrons. The van der Waals surface area contributed by atoms with Crippen LogP contribution in [0.1, 0.15) is 65.2 Å². The molecule has 0 saturated carbocycles. The third kappa shape index (κ3) is 8.33. The van der Waals surface area contributed by atoms with Crippen LogP contribution >= 0.6 is 0 Å². The van der Waals surface area contributed by atoms with Gasteiger partial charge in [0.05, 0.1) is 20.3 Å². The fourth-order valence-electron chi connectivity index (χ4n) is 4.58. The predicted octanol–water partition coefficient (Wildman–Crippen LogP) is 0.913. The number of benzene rings is 2. The minimum absolute atomic E-state index is 0.0556. The standard InChI is InChI=1S/C28H36N6O10S3/c1-3-5-7-9-19-29-46(39,40)25-27(35)43-31-33(25)21-11-15-23(16-12-21)45(37,38)24-17-13-22(14-18-24)34-26(28(36)44-32-34)47(41,42)30-20-10-8-6-4-2/h11-18,29-30H,3-10,19-20H2,1-2H3. The van der Waals surface area contributed by atoms with Crippen LogP contribution in [0.25, 0.3) is 11.4 Å². The van der Waals surface area contributed by atoms with Crippen LogP contribution in [0.15, 0.2) is 77.4 Å². The van der Waals surface area contributed by atoms with Crippen LogP contribution in [0.5, 0.6) is 11.9 Å². The number of rotatable bonds is 18. The monoisotopic (exact) mass is 712 g/mol. The fraction of sp³-hybridized carbons (Fsp3) is 0.429. The van der Waals surface area contributed by atoms with E-state index in [0.717, 1.165) is 47.9 Å². The minimum atomic E-state index is -4.29. The van der Waals surface area contributed by atoms with E-state index in [0.29, 0.717) is 12.8 Å². The van der Waals surface area contributed by atoms with Crippen molar-refractivity contribution in [2.75, 3.05) is 13.1 Å². The smallest absolute Gasteiger partial charge is 0.368 e. The molecular formula is C28H36N6O10S3. The normalized spacial score (nSPS) is 12.5. The molecule has 4 aromatic rings. The van der Waals surface area contributed by atoms with Gasteiger partial charge in [-0.2, -0.15) is 0 Å². The highest BCUT2D eigenvalue weighted by molar-refractivity contribution is 7.91. The molecule has 16 nitrogen and oxygen atoms in total. The van der Waals surface area contributed by atoms with Crippen molar-refractivity contribution in [3.63, 3.8) is 0 Å². The summed E-state index contributed by atoms with van der Waals surface area (Å²) in [5.41, 5.74) is 0.111. The first kappa shape index (κ1) is 35.9. The molecule has 19 heteroatoms. The molecule has 2 aromatic heterocycles. The Balaban J connectivity index is 1.53. The molecule has 2 aromatic carbocycles. The predicted molar refractivity (Wildman–Crippen MR) is 159 cm³/mol. The Morgan fingerprint density at radius 1 is 0.596 bits per heavy atom. The maximum absolute atomic E-state index is 13.4. The van der Waals surface area contributed by atoms with E-state index in [1.807, 2.05) is 13.8 Å². The quantitative estimate of drug-likeness (QED) is 0.108. The van der Waals surface area contributed by atoms with Gasteiger partial charge in [-0.05, 0) is 46.5 Å². The summed E-state index contributed by atoms with van der Waals surface area (Å²) in [5.74, 6) is -2.37.